The van der Waals surface area contributed by atoms with Gasteiger partial charge in [0.2, 0.25) is 5.91 Å². The summed E-state index contributed by atoms with van der Waals surface area (Å²) in [5.41, 5.74) is 10.6. The molecule has 2 aromatic carbocycles. The molecule has 2 aliphatic rings. The van der Waals surface area contributed by atoms with Crippen LogP contribution in [0.1, 0.15) is 44.1 Å². The predicted molar refractivity (Wildman–Crippen MR) is 158 cm³/mol. The topological polar surface area (TPSA) is 119 Å². The van der Waals surface area contributed by atoms with Gasteiger partial charge in [-0.05, 0) is 74.7 Å². The van der Waals surface area contributed by atoms with Crippen molar-refractivity contribution in [3.63, 3.8) is 0 Å². The third-order valence-corrected chi connectivity index (χ3v) is 7.47. The van der Waals surface area contributed by atoms with Crippen molar-refractivity contribution in [1.29, 1.82) is 5.26 Å². The van der Waals surface area contributed by atoms with Crippen molar-refractivity contribution >= 4 is 35.5 Å². The molecular formula is C30H35ClN6O2. The van der Waals surface area contributed by atoms with Crippen LogP contribution in [-0.2, 0) is 4.79 Å². The Kier molecular flexibility index (Phi) is 9.28. The number of hydrogen-bond donors (Lipinski definition) is 3. The third kappa shape index (κ3) is 6.44. The standard InChI is InChI=1S/C30H34N6O2.ClH/c31-20-24-23(19-25(34-30(24)32)22-8-2-3-9-28(22)37)21-10-11-27(36-15-6-7-16-36)26(18-21)33-29(38)12-17-35-13-4-1-5-14-35;/h2-3,8-11,18-19,37H,1,4-7,12-17H2,(H2,32,34)(H,33,38);1H. The minimum Gasteiger partial charge on any atom is -0.507 e. The average Bonchev–Trinajstić information content (AvgIpc) is 3.47. The molecule has 0 unspecified atom stereocenters. The number of carbonyl (C=O) groups is 1. The van der Waals surface area contributed by atoms with Crippen molar-refractivity contribution in [3.8, 4) is 34.2 Å². The number of pyridine rings is 1. The predicted octanol–water partition coefficient (Wildman–Crippen LogP) is 5.41. The number of nitrogen functional groups attached to an aromatic ring is 1. The molecule has 3 heterocycles. The number of aromatic hydroxyl groups is 1. The minimum atomic E-state index is -0.0159. The summed E-state index contributed by atoms with van der Waals surface area (Å²) in [7, 11) is 0. The number of nitrogens with one attached hydrogen (secondary N) is 1. The Balaban J connectivity index is 0.00000353. The Hall–Kier alpha value is -3.80. The zero-order valence-electron chi connectivity index (χ0n) is 22.0. The largest absolute Gasteiger partial charge is 0.507 e. The first-order chi connectivity index (χ1) is 18.5. The molecular weight excluding hydrogens is 512 g/mol. The molecule has 39 heavy (non-hydrogen) atoms. The van der Waals surface area contributed by atoms with E-state index < -0.39 is 0 Å². The van der Waals surface area contributed by atoms with Gasteiger partial charge in [-0.2, -0.15) is 5.26 Å². The molecule has 1 aromatic heterocycles. The van der Waals surface area contributed by atoms with Gasteiger partial charge in [0.05, 0.1) is 17.1 Å². The number of amides is 1. The number of nitrogens with zero attached hydrogens (tertiary/aromatic N) is 4. The van der Waals surface area contributed by atoms with Crippen LogP contribution in [0.5, 0.6) is 5.75 Å². The number of para-hydroxylation sites is 1. The second kappa shape index (κ2) is 12.8. The number of piperidine rings is 1. The van der Waals surface area contributed by atoms with Gasteiger partial charge in [0.1, 0.15) is 23.2 Å². The lowest BCUT2D eigenvalue weighted by Crippen LogP contribution is -2.32. The zero-order chi connectivity index (χ0) is 26.5. The Labute approximate surface area is 235 Å². The van der Waals surface area contributed by atoms with Crippen molar-refractivity contribution in [2.45, 2.75) is 38.5 Å². The highest BCUT2D eigenvalue weighted by Crippen LogP contribution is 2.38. The van der Waals surface area contributed by atoms with Crippen LogP contribution in [0.4, 0.5) is 17.2 Å². The summed E-state index contributed by atoms with van der Waals surface area (Å²) in [4.78, 5) is 22.1. The van der Waals surface area contributed by atoms with E-state index in [1.54, 1.807) is 24.3 Å². The number of benzene rings is 2. The Morgan fingerprint density at radius 1 is 1.00 bits per heavy atom. The van der Waals surface area contributed by atoms with Crippen LogP contribution in [0.3, 0.4) is 0 Å². The molecule has 0 atom stereocenters. The van der Waals surface area contributed by atoms with Gasteiger partial charge >= 0.3 is 0 Å². The first-order valence-electron chi connectivity index (χ1n) is 13.4. The summed E-state index contributed by atoms with van der Waals surface area (Å²) >= 11 is 0. The Morgan fingerprint density at radius 2 is 1.72 bits per heavy atom. The van der Waals surface area contributed by atoms with E-state index >= 15 is 0 Å². The van der Waals surface area contributed by atoms with E-state index in [-0.39, 0.29) is 35.4 Å². The number of aromatic nitrogens is 1. The number of phenols is 1. The van der Waals surface area contributed by atoms with Crippen LogP contribution in [0, 0.1) is 11.3 Å². The van der Waals surface area contributed by atoms with Crippen LogP contribution in [0.15, 0.2) is 48.5 Å². The fourth-order valence-electron chi connectivity index (χ4n) is 5.43. The number of anilines is 3. The molecule has 2 fully saturated rings. The number of halogens is 1. The first-order valence-corrected chi connectivity index (χ1v) is 13.4. The molecule has 4 N–H and O–H groups in total. The molecule has 0 saturated carbocycles. The lowest BCUT2D eigenvalue weighted by atomic mass is 9.97. The summed E-state index contributed by atoms with van der Waals surface area (Å²) in [5.74, 6) is 0.165. The quantitative estimate of drug-likeness (QED) is 0.362. The molecule has 3 aromatic rings. The molecule has 2 saturated heterocycles. The first kappa shape index (κ1) is 28.2. The molecule has 0 radical (unpaired) electrons. The van der Waals surface area contributed by atoms with E-state index in [2.05, 4.69) is 26.2 Å². The third-order valence-electron chi connectivity index (χ3n) is 7.47. The molecule has 0 bridgehead atoms. The zero-order valence-corrected chi connectivity index (χ0v) is 22.8. The van der Waals surface area contributed by atoms with Crippen LogP contribution >= 0.6 is 12.4 Å². The molecule has 0 spiro atoms. The molecule has 1 amide bonds. The smallest absolute Gasteiger partial charge is 0.225 e. The van der Waals surface area contributed by atoms with E-state index in [0.717, 1.165) is 62.5 Å². The van der Waals surface area contributed by atoms with E-state index in [4.69, 9.17) is 5.73 Å². The van der Waals surface area contributed by atoms with Crippen molar-refractivity contribution in [2.24, 2.45) is 0 Å². The lowest BCUT2D eigenvalue weighted by molar-refractivity contribution is -0.116. The maximum atomic E-state index is 13.1. The minimum absolute atomic E-state index is 0. The van der Waals surface area contributed by atoms with Crippen molar-refractivity contribution in [1.82, 2.24) is 9.88 Å². The molecule has 0 aliphatic carbocycles. The van der Waals surface area contributed by atoms with Crippen molar-refractivity contribution in [2.75, 3.05) is 48.7 Å². The highest BCUT2D eigenvalue weighted by atomic mass is 35.5. The molecule has 8 nitrogen and oxygen atoms in total. The van der Waals surface area contributed by atoms with Crippen LogP contribution in [0.2, 0.25) is 0 Å². The number of likely N-dealkylation sites (tertiary alicyclic amines) is 1. The van der Waals surface area contributed by atoms with Crippen LogP contribution < -0.4 is 16.0 Å². The number of phenolic OH excluding ortho intramolecular Hbond substituents is 1. The van der Waals surface area contributed by atoms with E-state index in [1.807, 2.05) is 24.3 Å². The second-order valence-corrected chi connectivity index (χ2v) is 10.1. The van der Waals surface area contributed by atoms with Crippen molar-refractivity contribution < 1.29 is 9.90 Å². The van der Waals surface area contributed by atoms with E-state index in [1.165, 1.54) is 19.3 Å². The van der Waals surface area contributed by atoms with Gasteiger partial charge < -0.3 is 26.0 Å². The second-order valence-electron chi connectivity index (χ2n) is 10.1. The van der Waals surface area contributed by atoms with Gasteiger partial charge in [-0.1, -0.05) is 24.6 Å². The van der Waals surface area contributed by atoms with Gasteiger partial charge in [-0.3, -0.25) is 4.79 Å². The maximum absolute atomic E-state index is 13.1. The number of nitriles is 1. The fraction of sp³-hybridized carbons (Fsp3) is 0.367. The number of rotatable bonds is 7. The monoisotopic (exact) mass is 546 g/mol. The summed E-state index contributed by atoms with van der Waals surface area (Å²) < 4.78 is 0. The average molecular weight is 547 g/mol. The lowest BCUT2D eigenvalue weighted by Gasteiger charge is -2.26. The maximum Gasteiger partial charge on any atom is 0.225 e. The fourth-order valence-corrected chi connectivity index (χ4v) is 5.43. The SMILES string of the molecule is Cl.N#Cc1c(-c2ccc(N3CCCC3)c(NC(=O)CCN3CCCCC3)c2)cc(-c2ccccc2O)nc1N. The summed E-state index contributed by atoms with van der Waals surface area (Å²) in [6.07, 6.45) is 6.34. The summed E-state index contributed by atoms with van der Waals surface area (Å²) in [6.45, 7) is 4.76. The normalized spacial score (nSPS) is 15.4. The van der Waals surface area contributed by atoms with Gasteiger partial charge in [0.25, 0.3) is 0 Å². The summed E-state index contributed by atoms with van der Waals surface area (Å²) in [6, 6.07) is 16.8. The number of nitrogens with two attached hydrogens (primary N) is 1. The molecule has 5 rings (SSSR count). The summed E-state index contributed by atoms with van der Waals surface area (Å²) in [5, 5.41) is 23.5. The molecule has 204 valence electrons. The Morgan fingerprint density at radius 3 is 2.44 bits per heavy atom. The highest BCUT2D eigenvalue weighted by Gasteiger charge is 2.21. The number of hydrogen-bond acceptors (Lipinski definition) is 7. The van der Waals surface area contributed by atoms with Gasteiger partial charge in [0, 0.05) is 37.2 Å². The van der Waals surface area contributed by atoms with Gasteiger partial charge in [0.15, 0.2) is 0 Å². The van der Waals surface area contributed by atoms with Gasteiger partial charge in [-0.15, -0.1) is 12.4 Å². The highest BCUT2D eigenvalue weighted by molar-refractivity contribution is 5.96. The van der Waals surface area contributed by atoms with Crippen LogP contribution in [0.25, 0.3) is 22.4 Å². The van der Waals surface area contributed by atoms with Crippen LogP contribution in [-0.4, -0.2) is 53.6 Å². The van der Waals surface area contributed by atoms with E-state index in [9.17, 15) is 15.2 Å². The van der Waals surface area contributed by atoms with Gasteiger partial charge in [-0.25, -0.2) is 4.98 Å². The van der Waals surface area contributed by atoms with E-state index in [0.29, 0.717) is 23.2 Å². The molecule has 2 aliphatic heterocycles. The molecule has 9 heteroatoms. The Bertz CT molecular complexity index is 1360. The number of carbonyl (C=O) groups excluding carboxylic acids is 1. The van der Waals surface area contributed by atoms with Crippen molar-refractivity contribution in [3.05, 3.63) is 54.1 Å².